The molecule has 4 nitrogen and oxygen atoms in total. The molecule has 1 saturated heterocycles. The lowest BCUT2D eigenvalue weighted by Gasteiger charge is -2.43. The summed E-state index contributed by atoms with van der Waals surface area (Å²) in [6, 6.07) is -0.380. The van der Waals surface area contributed by atoms with Gasteiger partial charge in [0.15, 0.2) is 0 Å². The number of hydrogen-bond donors (Lipinski definition) is 1. The quantitative estimate of drug-likeness (QED) is 0.833. The highest BCUT2D eigenvalue weighted by Gasteiger charge is 2.45. The molecule has 1 rings (SSSR count). The van der Waals surface area contributed by atoms with Crippen molar-refractivity contribution in [2.24, 2.45) is 0 Å². The Kier molecular flexibility index (Phi) is 5.20. The van der Waals surface area contributed by atoms with E-state index in [2.05, 4.69) is 5.32 Å². The van der Waals surface area contributed by atoms with Crippen LogP contribution in [0.1, 0.15) is 40.0 Å². The zero-order valence-corrected chi connectivity index (χ0v) is 12.0. The third-order valence-corrected chi connectivity index (χ3v) is 3.65. The fourth-order valence-electron chi connectivity index (χ4n) is 2.17. The van der Waals surface area contributed by atoms with Gasteiger partial charge in [0, 0.05) is 12.1 Å². The van der Waals surface area contributed by atoms with Crippen LogP contribution in [-0.2, 0) is 9.59 Å². The second-order valence-corrected chi connectivity index (χ2v) is 5.05. The molecule has 1 fully saturated rings. The number of halogens is 1. The Balaban J connectivity index is 3.00. The molecule has 2 unspecified atom stereocenters. The van der Waals surface area contributed by atoms with E-state index in [0.29, 0.717) is 19.4 Å². The molecule has 0 spiro atoms. The second-order valence-electron chi connectivity index (χ2n) is 4.80. The number of nitrogens with one attached hydrogen (secondary N) is 1. The van der Waals surface area contributed by atoms with Gasteiger partial charge in [-0.1, -0.05) is 37.9 Å². The van der Waals surface area contributed by atoms with Crippen molar-refractivity contribution >= 4 is 23.4 Å². The highest BCUT2D eigenvalue weighted by Crippen LogP contribution is 2.23. The smallest absolute Gasteiger partial charge is 0.248 e. The minimum atomic E-state index is -0.790. The number of carbonyl (C=O) groups excluding carboxylic acids is 2. The maximum atomic E-state index is 12.4. The van der Waals surface area contributed by atoms with Crippen molar-refractivity contribution in [1.29, 1.82) is 0 Å². The number of nitrogens with zero attached hydrogens (tertiary/aromatic N) is 1. The summed E-state index contributed by atoms with van der Waals surface area (Å²) in [6.07, 6.45) is 3.80. The normalized spacial score (nSPS) is 28.9. The summed E-state index contributed by atoms with van der Waals surface area (Å²) in [5.41, 5.74) is 0.591. The molecule has 18 heavy (non-hydrogen) atoms. The van der Waals surface area contributed by atoms with E-state index < -0.39 is 5.54 Å². The Morgan fingerprint density at radius 1 is 1.44 bits per heavy atom. The molecule has 1 heterocycles. The van der Waals surface area contributed by atoms with Crippen molar-refractivity contribution in [2.45, 2.75) is 51.6 Å². The lowest BCUT2D eigenvalue weighted by molar-refractivity contribution is -0.154. The molecule has 5 heteroatoms. The second kappa shape index (κ2) is 6.23. The van der Waals surface area contributed by atoms with Crippen molar-refractivity contribution in [1.82, 2.24) is 10.2 Å². The van der Waals surface area contributed by atoms with Crippen LogP contribution in [-0.4, -0.2) is 34.8 Å². The van der Waals surface area contributed by atoms with Crippen LogP contribution in [0.25, 0.3) is 0 Å². The fraction of sp³-hybridized carbons (Fsp3) is 0.692. The maximum absolute atomic E-state index is 12.4. The summed E-state index contributed by atoms with van der Waals surface area (Å²) in [5, 5.41) is 2.85. The first-order valence-electron chi connectivity index (χ1n) is 6.38. The van der Waals surface area contributed by atoms with Crippen molar-refractivity contribution < 1.29 is 9.59 Å². The van der Waals surface area contributed by atoms with Crippen molar-refractivity contribution in [2.75, 3.05) is 6.54 Å². The van der Waals surface area contributed by atoms with Gasteiger partial charge in [-0.25, -0.2) is 0 Å². The van der Waals surface area contributed by atoms with E-state index in [4.69, 9.17) is 11.6 Å². The summed E-state index contributed by atoms with van der Waals surface area (Å²) in [5.74, 6) is -0.0958. The SMILES string of the molecule is CCCC1C(=O)NC(C)(CC)C(=O)N1C/C=C/Cl. The predicted octanol–water partition coefficient (Wildman–Crippen LogP) is 2.03. The van der Waals surface area contributed by atoms with E-state index in [1.54, 1.807) is 17.9 Å². The molecule has 2 amide bonds. The van der Waals surface area contributed by atoms with Gasteiger partial charge in [0.2, 0.25) is 11.8 Å². The van der Waals surface area contributed by atoms with Crippen LogP contribution in [0.4, 0.5) is 0 Å². The number of hydrogen-bond acceptors (Lipinski definition) is 2. The standard InChI is InChI=1S/C13H21ClN2O2/c1-4-7-10-11(17)15-13(3,5-2)12(18)16(10)9-6-8-14/h6,8,10H,4-5,7,9H2,1-3H3,(H,15,17)/b8-6+. The lowest BCUT2D eigenvalue weighted by Crippen LogP contribution is -2.68. The molecule has 0 bridgehead atoms. The highest BCUT2D eigenvalue weighted by atomic mass is 35.5. The molecule has 0 saturated carbocycles. The molecule has 0 aliphatic carbocycles. The highest BCUT2D eigenvalue weighted by molar-refractivity contribution is 6.25. The fourth-order valence-corrected chi connectivity index (χ4v) is 2.25. The summed E-state index contributed by atoms with van der Waals surface area (Å²) in [4.78, 5) is 26.2. The first kappa shape index (κ1) is 15.0. The van der Waals surface area contributed by atoms with Crippen LogP contribution >= 0.6 is 11.6 Å². The Bertz CT molecular complexity index is 357. The monoisotopic (exact) mass is 272 g/mol. The minimum absolute atomic E-state index is 0.0298. The van der Waals surface area contributed by atoms with E-state index in [0.717, 1.165) is 6.42 Å². The summed E-state index contributed by atoms with van der Waals surface area (Å²) in [6.45, 7) is 6.05. The Hall–Kier alpha value is -1.03. The van der Waals surface area contributed by atoms with Crippen LogP contribution in [0.3, 0.4) is 0 Å². The van der Waals surface area contributed by atoms with Crippen LogP contribution in [0.5, 0.6) is 0 Å². The van der Waals surface area contributed by atoms with E-state index in [1.807, 2.05) is 13.8 Å². The van der Waals surface area contributed by atoms with Gasteiger partial charge in [-0.05, 0) is 19.8 Å². The molecule has 2 atom stereocenters. The Labute approximate surface area is 113 Å². The molecule has 0 aromatic rings. The van der Waals surface area contributed by atoms with Gasteiger partial charge >= 0.3 is 0 Å². The van der Waals surface area contributed by atoms with Gasteiger partial charge in [0.05, 0.1) is 0 Å². The molecule has 1 aliphatic heterocycles. The van der Waals surface area contributed by atoms with E-state index in [-0.39, 0.29) is 17.9 Å². The largest absolute Gasteiger partial charge is 0.340 e. The van der Waals surface area contributed by atoms with E-state index in [9.17, 15) is 9.59 Å². The molecular formula is C13H21ClN2O2. The minimum Gasteiger partial charge on any atom is -0.340 e. The third-order valence-electron chi connectivity index (χ3n) is 3.47. The lowest BCUT2D eigenvalue weighted by atomic mass is 9.90. The maximum Gasteiger partial charge on any atom is 0.248 e. The molecular weight excluding hydrogens is 252 g/mol. The van der Waals surface area contributed by atoms with Gasteiger partial charge in [0.25, 0.3) is 0 Å². The number of rotatable bonds is 5. The van der Waals surface area contributed by atoms with E-state index >= 15 is 0 Å². The summed E-state index contributed by atoms with van der Waals surface area (Å²) < 4.78 is 0. The Morgan fingerprint density at radius 3 is 2.61 bits per heavy atom. The van der Waals surface area contributed by atoms with Crippen LogP contribution < -0.4 is 5.32 Å². The zero-order chi connectivity index (χ0) is 13.8. The third kappa shape index (κ3) is 2.86. The Morgan fingerprint density at radius 2 is 2.11 bits per heavy atom. The van der Waals surface area contributed by atoms with Gasteiger partial charge in [-0.15, -0.1) is 0 Å². The van der Waals surface area contributed by atoms with Gasteiger partial charge < -0.3 is 10.2 Å². The van der Waals surface area contributed by atoms with Crippen molar-refractivity contribution in [3.63, 3.8) is 0 Å². The molecule has 0 aromatic carbocycles. The molecule has 1 N–H and O–H groups in total. The zero-order valence-electron chi connectivity index (χ0n) is 11.2. The van der Waals surface area contributed by atoms with Crippen LogP contribution in [0, 0.1) is 0 Å². The average Bonchev–Trinajstić information content (AvgIpc) is 2.35. The summed E-state index contributed by atoms with van der Waals surface area (Å²) in [7, 11) is 0. The average molecular weight is 273 g/mol. The predicted molar refractivity (Wildman–Crippen MR) is 72.2 cm³/mol. The van der Waals surface area contributed by atoms with Crippen molar-refractivity contribution in [3.8, 4) is 0 Å². The first-order chi connectivity index (χ1) is 8.50. The van der Waals surface area contributed by atoms with Crippen LogP contribution in [0.15, 0.2) is 11.6 Å². The molecule has 0 aromatic heterocycles. The van der Waals surface area contributed by atoms with Crippen LogP contribution in [0.2, 0.25) is 0 Å². The molecule has 1 aliphatic rings. The topological polar surface area (TPSA) is 49.4 Å². The number of piperazine rings is 1. The molecule has 0 radical (unpaired) electrons. The molecule has 102 valence electrons. The van der Waals surface area contributed by atoms with E-state index in [1.165, 1.54) is 5.54 Å². The van der Waals surface area contributed by atoms with Gasteiger partial charge in [0.1, 0.15) is 11.6 Å². The number of amides is 2. The number of carbonyl (C=O) groups is 2. The van der Waals surface area contributed by atoms with Gasteiger partial charge in [-0.2, -0.15) is 0 Å². The first-order valence-corrected chi connectivity index (χ1v) is 6.82. The van der Waals surface area contributed by atoms with Crippen molar-refractivity contribution in [3.05, 3.63) is 11.6 Å². The van der Waals surface area contributed by atoms with Gasteiger partial charge in [-0.3, -0.25) is 9.59 Å². The summed E-state index contributed by atoms with van der Waals surface area (Å²) >= 11 is 5.52.